The first-order valence-electron chi connectivity index (χ1n) is 8.27. The van der Waals surface area contributed by atoms with Crippen LogP contribution in [0.2, 0.25) is 0 Å². The molecule has 2 aromatic rings. The highest BCUT2D eigenvalue weighted by Crippen LogP contribution is 2.50. The SMILES string of the molecule is CCOP(=O)(Cc1ccc(OCc2ccccc2)cc1)CC(O)CCl. The molecule has 136 valence electrons. The van der Waals surface area contributed by atoms with Gasteiger partial charge in [-0.25, -0.2) is 0 Å². The average Bonchev–Trinajstić information content (AvgIpc) is 2.62. The van der Waals surface area contributed by atoms with Crippen LogP contribution in [0.1, 0.15) is 18.1 Å². The summed E-state index contributed by atoms with van der Waals surface area (Å²) in [5.41, 5.74) is 1.98. The summed E-state index contributed by atoms with van der Waals surface area (Å²) in [5.74, 6) is 0.795. The molecular weight excluding hydrogens is 359 g/mol. The largest absolute Gasteiger partial charge is 0.489 e. The topological polar surface area (TPSA) is 55.8 Å². The molecule has 0 spiro atoms. The van der Waals surface area contributed by atoms with Gasteiger partial charge in [-0.15, -0.1) is 11.6 Å². The molecule has 0 aliphatic carbocycles. The number of benzene rings is 2. The summed E-state index contributed by atoms with van der Waals surface area (Å²) >= 11 is 5.62. The first-order valence-corrected chi connectivity index (χ1v) is 10.8. The Balaban J connectivity index is 1.96. The zero-order valence-corrected chi connectivity index (χ0v) is 16.0. The molecule has 0 saturated carbocycles. The van der Waals surface area contributed by atoms with Crippen LogP contribution in [0.3, 0.4) is 0 Å². The summed E-state index contributed by atoms with van der Waals surface area (Å²) in [5, 5.41) is 9.72. The lowest BCUT2D eigenvalue weighted by molar-refractivity contribution is 0.213. The van der Waals surface area contributed by atoms with Gasteiger partial charge >= 0.3 is 0 Å². The van der Waals surface area contributed by atoms with E-state index in [0.717, 1.165) is 16.9 Å². The lowest BCUT2D eigenvalue weighted by Gasteiger charge is -2.20. The van der Waals surface area contributed by atoms with Gasteiger partial charge in [0.15, 0.2) is 0 Å². The second-order valence-corrected chi connectivity index (χ2v) is 8.68. The van der Waals surface area contributed by atoms with Crippen molar-refractivity contribution < 1.29 is 18.9 Å². The van der Waals surface area contributed by atoms with E-state index in [2.05, 4.69) is 0 Å². The van der Waals surface area contributed by atoms with E-state index in [9.17, 15) is 9.67 Å². The third-order valence-corrected chi connectivity index (χ3v) is 6.54. The fraction of sp³-hybridized carbons (Fsp3) is 0.368. The molecule has 2 rings (SSSR count). The molecule has 25 heavy (non-hydrogen) atoms. The van der Waals surface area contributed by atoms with Gasteiger partial charge < -0.3 is 14.4 Å². The first kappa shape index (κ1) is 20.0. The molecule has 2 atom stereocenters. The Morgan fingerprint density at radius 1 is 1.08 bits per heavy atom. The lowest BCUT2D eigenvalue weighted by Crippen LogP contribution is -2.16. The third kappa shape index (κ3) is 6.83. The van der Waals surface area contributed by atoms with Crippen molar-refractivity contribution in [2.45, 2.75) is 25.8 Å². The van der Waals surface area contributed by atoms with E-state index in [1.807, 2.05) is 54.6 Å². The molecule has 0 radical (unpaired) electrons. The summed E-state index contributed by atoms with van der Waals surface area (Å²) in [6.45, 7) is 2.63. The number of halogens is 1. The van der Waals surface area contributed by atoms with E-state index in [4.69, 9.17) is 20.9 Å². The molecule has 1 N–H and O–H groups in total. The number of hydrogen-bond donors (Lipinski definition) is 1. The van der Waals surface area contributed by atoms with Crippen molar-refractivity contribution in [1.29, 1.82) is 0 Å². The molecule has 0 aromatic heterocycles. The van der Waals surface area contributed by atoms with E-state index < -0.39 is 13.5 Å². The number of ether oxygens (including phenoxy) is 1. The Labute approximate surface area is 154 Å². The monoisotopic (exact) mass is 382 g/mol. The van der Waals surface area contributed by atoms with Crippen molar-refractivity contribution in [3.63, 3.8) is 0 Å². The van der Waals surface area contributed by atoms with E-state index in [0.29, 0.717) is 13.2 Å². The predicted molar refractivity (Wildman–Crippen MR) is 102 cm³/mol. The van der Waals surface area contributed by atoms with Gasteiger partial charge in [0, 0.05) is 12.0 Å². The second kappa shape index (κ2) is 9.98. The number of hydrogen-bond acceptors (Lipinski definition) is 4. The summed E-state index contributed by atoms with van der Waals surface area (Å²) in [6, 6.07) is 17.4. The predicted octanol–water partition coefficient (Wildman–Crippen LogP) is 4.68. The van der Waals surface area contributed by atoms with Gasteiger partial charge in [0.05, 0.1) is 18.9 Å². The maximum atomic E-state index is 12.9. The molecular formula is C19H24ClO4P. The number of aliphatic hydroxyl groups excluding tert-OH is 1. The molecule has 0 fully saturated rings. The van der Waals surface area contributed by atoms with Crippen molar-refractivity contribution >= 4 is 19.0 Å². The van der Waals surface area contributed by atoms with Gasteiger partial charge in [-0.3, -0.25) is 4.57 Å². The van der Waals surface area contributed by atoms with Crippen molar-refractivity contribution in [2.75, 3.05) is 18.6 Å². The smallest absolute Gasteiger partial charge is 0.210 e. The molecule has 2 aromatic carbocycles. The van der Waals surface area contributed by atoms with E-state index in [-0.39, 0.29) is 18.2 Å². The van der Waals surface area contributed by atoms with Crippen LogP contribution in [-0.4, -0.2) is 29.9 Å². The fourth-order valence-corrected chi connectivity index (χ4v) is 5.07. The summed E-state index contributed by atoms with van der Waals surface area (Å²) < 4.78 is 24.1. The second-order valence-electron chi connectivity index (χ2n) is 5.80. The number of aliphatic hydroxyl groups is 1. The van der Waals surface area contributed by atoms with E-state index in [1.165, 1.54) is 0 Å². The average molecular weight is 383 g/mol. The normalized spacial score (nSPS) is 14.7. The Morgan fingerprint density at radius 3 is 2.36 bits per heavy atom. The van der Waals surface area contributed by atoms with Crippen LogP contribution in [0, 0.1) is 0 Å². The number of alkyl halides is 1. The molecule has 2 unspecified atom stereocenters. The minimum Gasteiger partial charge on any atom is -0.489 e. The van der Waals surface area contributed by atoms with Crippen molar-refractivity contribution in [2.24, 2.45) is 0 Å². The lowest BCUT2D eigenvalue weighted by atomic mass is 10.2. The van der Waals surface area contributed by atoms with Crippen molar-refractivity contribution in [1.82, 2.24) is 0 Å². The summed E-state index contributed by atoms with van der Waals surface area (Å²) in [6.07, 6.45) is -0.489. The van der Waals surface area contributed by atoms with Gasteiger partial charge in [-0.05, 0) is 30.2 Å². The third-order valence-electron chi connectivity index (χ3n) is 3.63. The molecule has 0 saturated heterocycles. The maximum absolute atomic E-state index is 12.9. The molecule has 0 aliphatic heterocycles. The zero-order chi connectivity index (χ0) is 18.1. The molecule has 0 bridgehead atoms. The first-order chi connectivity index (χ1) is 12.0. The summed E-state index contributed by atoms with van der Waals surface area (Å²) in [7, 11) is -2.97. The van der Waals surface area contributed by atoms with Gasteiger partial charge in [-0.1, -0.05) is 42.5 Å². The summed E-state index contributed by atoms with van der Waals surface area (Å²) in [4.78, 5) is 0. The van der Waals surface area contributed by atoms with Crippen LogP contribution in [-0.2, 0) is 21.9 Å². The zero-order valence-electron chi connectivity index (χ0n) is 14.3. The minimum absolute atomic E-state index is 0.0450. The Morgan fingerprint density at radius 2 is 1.76 bits per heavy atom. The highest BCUT2D eigenvalue weighted by molar-refractivity contribution is 7.58. The number of rotatable bonds is 10. The minimum atomic E-state index is -2.97. The van der Waals surface area contributed by atoms with Crippen LogP contribution in [0.25, 0.3) is 0 Å². The quantitative estimate of drug-likeness (QED) is 0.479. The van der Waals surface area contributed by atoms with Crippen molar-refractivity contribution in [3.05, 3.63) is 65.7 Å². The Hall–Kier alpha value is -1.32. The van der Waals surface area contributed by atoms with Gasteiger partial charge in [0.2, 0.25) is 7.37 Å². The van der Waals surface area contributed by atoms with Crippen LogP contribution in [0.4, 0.5) is 0 Å². The molecule has 0 heterocycles. The van der Waals surface area contributed by atoms with Crippen LogP contribution in [0.15, 0.2) is 54.6 Å². The molecule has 0 amide bonds. The maximum Gasteiger partial charge on any atom is 0.210 e. The molecule has 6 heteroatoms. The van der Waals surface area contributed by atoms with Crippen molar-refractivity contribution in [3.8, 4) is 5.75 Å². The van der Waals surface area contributed by atoms with Crippen LogP contribution < -0.4 is 4.74 Å². The van der Waals surface area contributed by atoms with Gasteiger partial charge in [-0.2, -0.15) is 0 Å². The van der Waals surface area contributed by atoms with Gasteiger partial charge in [0.1, 0.15) is 12.4 Å². The highest BCUT2D eigenvalue weighted by atomic mass is 35.5. The Kier molecular flexibility index (Phi) is 7.98. The Bertz CT molecular complexity index is 676. The molecule has 0 aliphatic rings. The van der Waals surface area contributed by atoms with Gasteiger partial charge in [0.25, 0.3) is 0 Å². The van der Waals surface area contributed by atoms with E-state index >= 15 is 0 Å². The fourth-order valence-electron chi connectivity index (χ4n) is 2.48. The highest BCUT2D eigenvalue weighted by Gasteiger charge is 2.26. The van der Waals surface area contributed by atoms with Crippen LogP contribution in [0.5, 0.6) is 5.75 Å². The van der Waals surface area contributed by atoms with Crippen LogP contribution >= 0.6 is 19.0 Å². The van der Waals surface area contributed by atoms with E-state index in [1.54, 1.807) is 6.92 Å². The standard InChI is InChI=1S/C19H24ClO4P/c1-2-24-25(22,15-18(21)12-20)14-17-8-10-19(11-9-17)23-13-16-6-4-3-5-7-16/h3-11,18,21H,2,12-15H2,1H3. The molecule has 4 nitrogen and oxygen atoms in total.